The molecule has 0 aliphatic carbocycles. The molecule has 1 aliphatic heterocycles. The maximum absolute atomic E-state index is 13.0. The summed E-state index contributed by atoms with van der Waals surface area (Å²) < 4.78 is 41.8. The van der Waals surface area contributed by atoms with Gasteiger partial charge in [0.2, 0.25) is 5.91 Å². The number of alkyl halides is 2. The summed E-state index contributed by atoms with van der Waals surface area (Å²) in [5.74, 6) is -1.28. The van der Waals surface area contributed by atoms with Crippen molar-refractivity contribution < 1.29 is 37.4 Å². The van der Waals surface area contributed by atoms with Crippen LogP contribution in [0.25, 0.3) is 0 Å². The molecule has 1 aromatic heterocycles. The van der Waals surface area contributed by atoms with E-state index in [0.717, 1.165) is 5.56 Å². The van der Waals surface area contributed by atoms with E-state index in [1.165, 1.54) is 24.1 Å². The molecule has 1 N–H and O–H groups in total. The van der Waals surface area contributed by atoms with Gasteiger partial charge in [-0.25, -0.2) is 9.78 Å². The van der Waals surface area contributed by atoms with Crippen LogP contribution < -0.4 is 14.8 Å². The summed E-state index contributed by atoms with van der Waals surface area (Å²) in [7, 11) is 0. The molecule has 1 aliphatic rings. The predicted octanol–water partition coefficient (Wildman–Crippen LogP) is 4.29. The van der Waals surface area contributed by atoms with Crippen LogP contribution in [-0.4, -0.2) is 60.2 Å². The molecule has 1 fully saturated rings. The van der Waals surface area contributed by atoms with Gasteiger partial charge in [-0.1, -0.05) is 19.9 Å². The standard InChI is InChI=1S/C27H33F2N3O6/c1-6-30-25(34)19-9-16(4)24(31-12-19)26(35)38-23-11-20(13-32(23)17(5)33)18-7-8-21(37-27(28)29)22(10-18)36-14-15(2)3/h7-10,12,15,20,23,27H,6,11,13-14H2,1-5H3,(H,30,34)/t20-,23-/m1/s1. The normalized spacial score (nSPS) is 17.0. The Balaban J connectivity index is 1.79. The molecular weight excluding hydrogens is 500 g/mol. The molecule has 3 rings (SSSR count). The molecule has 0 unspecified atom stereocenters. The van der Waals surface area contributed by atoms with Crippen LogP contribution in [0.1, 0.15) is 72.0 Å². The number of rotatable bonds is 10. The molecule has 9 nitrogen and oxygen atoms in total. The molecule has 206 valence electrons. The highest BCUT2D eigenvalue weighted by atomic mass is 19.3. The minimum Gasteiger partial charge on any atom is -0.489 e. The van der Waals surface area contributed by atoms with Gasteiger partial charge in [0.25, 0.3) is 5.91 Å². The van der Waals surface area contributed by atoms with Gasteiger partial charge in [0.1, 0.15) is 0 Å². The molecule has 11 heteroatoms. The number of carbonyl (C=O) groups excluding carboxylic acids is 3. The Kier molecular flexibility index (Phi) is 9.60. The van der Waals surface area contributed by atoms with Crippen molar-refractivity contribution in [2.45, 2.75) is 59.8 Å². The first kappa shape index (κ1) is 28.8. The lowest BCUT2D eigenvalue weighted by molar-refractivity contribution is -0.135. The Morgan fingerprint density at radius 1 is 1.18 bits per heavy atom. The van der Waals surface area contributed by atoms with E-state index in [1.54, 1.807) is 32.0 Å². The van der Waals surface area contributed by atoms with Crippen LogP contribution in [0.5, 0.6) is 11.5 Å². The number of ether oxygens (including phenoxy) is 3. The minimum absolute atomic E-state index is 0.0443. The molecule has 0 radical (unpaired) electrons. The lowest BCUT2D eigenvalue weighted by Crippen LogP contribution is -2.37. The topological polar surface area (TPSA) is 107 Å². The number of nitrogens with zero attached hydrogens (tertiary/aromatic N) is 2. The average Bonchev–Trinajstić information content (AvgIpc) is 3.27. The van der Waals surface area contributed by atoms with E-state index >= 15 is 0 Å². The second-order valence-corrected chi connectivity index (χ2v) is 9.50. The molecule has 1 saturated heterocycles. The highest BCUT2D eigenvalue weighted by Crippen LogP contribution is 2.38. The summed E-state index contributed by atoms with van der Waals surface area (Å²) in [4.78, 5) is 42.9. The van der Waals surface area contributed by atoms with E-state index in [9.17, 15) is 23.2 Å². The zero-order valence-corrected chi connectivity index (χ0v) is 22.1. The summed E-state index contributed by atoms with van der Waals surface area (Å²) in [6.45, 7) is 6.71. The van der Waals surface area contributed by atoms with Crippen LogP contribution in [0, 0.1) is 12.8 Å². The van der Waals surface area contributed by atoms with Gasteiger partial charge in [-0.2, -0.15) is 8.78 Å². The van der Waals surface area contributed by atoms with Crippen molar-refractivity contribution in [1.82, 2.24) is 15.2 Å². The number of hydrogen-bond acceptors (Lipinski definition) is 7. The van der Waals surface area contributed by atoms with Crippen LogP contribution in [0.2, 0.25) is 0 Å². The first-order valence-corrected chi connectivity index (χ1v) is 12.4. The minimum atomic E-state index is -3.00. The van der Waals surface area contributed by atoms with E-state index in [1.807, 2.05) is 13.8 Å². The molecule has 2 amide bonds. The maximum Gasteiger partial charge on any atom is 0.387 e. The first-order chi connectivity index (χ1) is 18.0. The van der Waals surface area contributed by atoms with E-state index in [0.29, 0.717) is 30.7 Å². The summed E-state index contributed by atoms with van der Waals surface area (Å²) in [6.07, 6.45) is 0.738. The van der Waals surface area contributed by atoms with Crippen LogP contribution in [0.15, 0.2) is 30.5 Å². The van der Waals surface area contributed by atoms with Crippen LogP contribution in [-0.2, 0) is 9.53 Å². The van der Waals surface area contributed by atoms with Gasteiger partial charge in [0.15, 0.2) is 23.4 Å². The van der Waals surface area contributed by atoms with Gasteiger partial charge in [-0.15, -0.1) is 0 Å². The Labute approximate surface area is 220 Å². The van der Waals surface area contributed by atoms with E-state index in [-0.39, 0.29) is 47.4 Å². The second-order valence-electron chi connectivity index (χ2n) is 9.50. The lowest BCUT2D eigenvalue weighted by Gasteiger charge is -2.23. The van der Waals surface area contributed by atoms with Crippen LogP contribution in [0.4, 0.5) is 8.78 Å². The average molecular weight is 534 g/mol. The molecule has 0 saturated carbocycles. The van der Waals surface area contributed by atoms with Crippen molar-refractivity contribution in [1.29, 1.82) is 0 Å². The lowest BCUT2D eigenvalue weighted by atomic mass is 9.97. The number of halogens is 2. The number of pyridine rings is 1. The summed E-state index contributed by atoms with van der Waals surface area (Å²) in [5, 5.41) is 2.67. The third-order valence-electron chi connectivity index (χ3n) is 6.00. The van der Waals surface area contributed by atoms with Crippen molar-refractivity contribution in [3.8, 4) is 11.5 Å². The molecule has 0 bridgehead atoms. The molecule has 38 heavy (non-hydrogen) atoms. The number of aryl methyl sites for hydroxylation is 1. The third-order valence-corrected chi connectivity index (χ3v) is 6.00. The fraction of sp³-hybridized carbons (Fsp3) is 0.481. The fourth-order valence-corrected chi connectivity index (χ4v) is 4.18. The number of aromatic nitrogens is 1. The molecule has 0 spiro atoms. The van der Waals surface area contributed by atoms with Gasteiger partial charge in [0, 0.05) is 38.5 Å². The number of hydrogen-bond donors (Lipinski definition) is 1. The Bertz CT molecular complexity index is 1170. The Morgan fingerprint density at radius 2 is 1.92 bits per heavy atom. The quantitative estimate of drug-likeness (QED) is 0.454. The van der Waals surface area contributed by atoms with Gasteiger partial charge in [-0.3, -0.25) is 9.59 Å². The van der Waals surface area contributed by atoms with Crippen molar-refractivity contribution in [2.75, 3.05) is 19.7 Å². The van der Waals surface area contributed by atoms with Crippen molar-refractivity contribution in [3.63, 3.8) is 0 Å². The van der Waals surface area contributed by atoms with Gasteiger partial charge in [0.05, 0.1) is 12.2 Å². The van der Waals surface area contributed by atoms with Crippen LogP contribution in [0.3, 0.4) is 0 Å². The van der Waals surface area contributed by atoms with Crippen LogP contribution >= 0.6 is 0 Å². The second kappa shape index (κ2) is 12.7. The monoisotopic (exact) mass is 533 g/mol. The molecule has 1 aromatic carbocycles. The highest BCUT2D eigenvalue weighted by molar-refractivity contribution is 5.95. The smallest absolute Gasteiger partial charge is 0.387 e. The predicted molar refractivity (Wildman–Crippen MR) is 134 cm³/mol. The van der Waals surface area contributed by atoms with Gasteiger partial charge >= 0.3 is 12.6 Å². The maximum atomic E-state index is 13.0. The number of carbonyl (C=O) groups is 3. The van der Waals surface area contributed by atoms with E-state index in [2.05, 4.69) is 15.0 Å². The van der Waals surface area contributed by atoms with Crippen molar-refractivity contribution >= 4 is 17.8 Å². The SMILES string of the molecule is CCNC(=O)c1cnc(C(=O)O[C@@H]2C[C@@H](c3ccc(OC(F)F)c(OCC(C)C)c3)CN2C(C)=O)c(C)c1. The van der Waals surface area contributed by atoms with Crippen molar-refractivity contribution in [3.05, 3.63) is 52.8 Å². The number of benzene rings is 1. The largest absolute Gasteiger partial charge is 0.489 e. The fourth-order valence-electron chi connectivity index (χ4n) is 4.18. The molecule has 2 aromatic rings. The summed E-state index contributed by atoms with van der Waals surface area (Å²) in [6, 6.07) is 6.23. The van der Waals surface area contributed by atoms with Gasteiger partial charge in [-0.05, 0) is 49.1 Å². The van der Waals surface area contributed by atoms with E-state index in [4.69, 9.17) is 9.47 Å². The third kappa shape index (κ3) is 7.17. The number of likely N-dealkylation sites (tertiary alicyclic amines) is 1. The number of nitrogens with one attached hydrogen (secondary N) is 1. The Morgan fingerprint density at radius 3 is 2.53 bits per heavy atom. The van der Waals surface area contributed by atoms with E-state index < -0.39 is 18.8 Å². The molecular formula is C27H33F2N3O6. The highest BCUT2D eigenvalue weighted by Gasteiger charge is 2.38. The molecule has 2 atom stereocenters. The summed E-state index contributed by atoms with van der Waals surface area (Å²) in [5.41, 5.74) is 1.56. The number of amides is 2. The molecule has 2 heterocycles. The first-order valence-electron chi connectivity index (χ1n) is 12.4. The van der Waals surface area contributed by atoms with Gasteiger partial charge < -0.3 is 24.4 Å². The van der Waals surface area contributed by atoms with Crippen molar-refractivity contribution in [2.24, 2.45) is 5.92 Å². The zero-order valence-electron chi connectivity index (χ0n) is 22.1. The number of esters is 1. The Hall–Kier alpha value is -3.76. The summed E-state index contributed by atoms with van der Waals surface area (Å²) >= 11 is 0. The zero-order chi connectivity index (χ0) is 28.0.